The molecule has 0 unspecified atom stereocenters. The number of hydrogen-bond donors (Lipinski definition) is 0. The van der Waals surface area contributed by atoms with E-state index in [2.05, 4.69) is 34.8 Å². The SMILES string of the molecule is C#Cc1cc(CCCCCC)c(Br)s1. The van der Waals surface area contributed by atoms with Crippen LogP contribution in [0.5, 0.6) is 0 Å². The summed E-state index contributed by atoms with van der Waals surface area (Å²) in [4.78, 5) is 1.03. The lowest BCUT2D eigenvalue weighted by atomic mass is 10.1. The molecule has 1 heterocycles. The molecule has 0 saturated heterocycles. The zero-order chi connectivity index (χ0) is 10.4. The van der Waals surface area contributed by atoms with Crippen molar-refractivity contribution in [2.75, 3.05) is 0 Å². The number of hydrogen-bond acceptors (Lipinski definition) is 1. The first-order valence-corrected chi connectivity index (χ1v) is 6.63. The van der Waals surface area contributed by atoms with Gasteiger partial charge in [0.1, 0.15) is 0 Å². The second-order valence-electron chi connectivity index (χ2n) is 3.36. The highest BCUT2D eigenvalue weighted by Gasteiger charge is 2.04. The van der Waals surface area contributed by atoms with Gasteiger partial charge in [0.25, 0.3) is 0 Å². The Hall–Kier alpha value is -0.260. The number of terminal acetylenes is 1. The zero-order valence-corrected chi connectivity index (χ0v) is 10.9. The lowest BCUT2D eigenvalue weighted by Gasteiger charge is -1.98. The predicted molar refractivity (Wildman–Crippen MR) is 67.8 cm³/mol. The second-order valence-corrected chi connectivity index (χ2v) is 5.73. The first kappa shape index (κ1) is 11.8. The molecule has 0 bridgehead atoms. The van der Waals surface area contributed by atoms with Crippen molar-refractivity contribution in [1.82, 2.24) is 0 Å². The fourth-order valence-corrected chi connectivity index (χ4v) is 2.97. The summed E-state index contributed by atoms with van der Waals surface area (Å²) < 4.78 is 1.21. The quantitative estimate of drug-likeness (QED) is 0.541. The van der Waals surface area contributed by atoms with Crippen LogP contribution >= 0.6 is 27.3 Å². The van der Waals surface area contributed by atoms with E-state index in [9.17, 15) is 0 Å². The summed E-state index contributed by atoms with van der Waals surface area (Å²) in [6.45, 7) is 2.23. The summed E-state index contributed by atoms with van der Waals surface area (Å²) in [5, 5.41) is 0. The number of thiophene rings is 1. The maximum atomic E-state index is 5.35. The Balaban J connectivity index is 2.43. The third-order valence-corrected chi connectivity index (χ3v) is 4.09. The number of unbranched alkanes of at least 4 members (excludes halogenated alkanes) is 3. The van der Waals surface area contributed by atoms with Gasteiger partial charge in [-0.1, -0.05) is 32.1 Å². The summed E-state index contributed by atoms with van der Waals surface area (Å²) in [6, 6.07) is 2.13. The fourth-order valence-electron chi connectivity index (χ4n) is 1.39. The van der Waals surface area contributed by atoms with Crippen molar-refractivity contribution in [3.8, 4) is 12.3 Å². The van der Waals surface area contributed by atoms with Crippen molar-refractivity contribution in [2.45, 2.75) is 39.0 Å². The van der Waals surface area contributed by atoms with E-state index in [1.807, 2.05) is 0 Å². The van der Waals surface area contributed by atoms with Crippen molar-refractivity contribution in [3.63, 3.8) is 0 Å². The second kappa shape index (κ2) is 6.27. The van der Waals surface area contributed by atoms with Crippen LogP contribution in [0.1, 0.15) is 43.0 Å². The van der Waals surface area contributed by atoms with E-state index in [0.717, 1.165) is 11.3 Å². The summed E-state index contributed by atoms with van der Waals surface area (Å²) in [5.41, 5.74) is 1.37. The first-order chi connectivity index (χ1) is 6.77. The smallest absolute Gasteiger partial charge is 0.0780 e. The number of rotatable bonds is 5. The van der Waals surface area contributed by atoms with Gasteiger partial charge in [0.15, 0.2) is 0 Å². The molecule has 0 aromatic carbocycles. The monoisotopic (exact) mass is 270 g/mol. The van der Waals surface area contributed by atoms with E-state index in [4.69, 9.17) is 6.42 Å². The molecule has 0 amide bonds. The molecular formula is C12H15BrS. The lowest BCUT2D eigenvalue weighted by Crippen LogP contribution is -1.83. The van der Waals surface area contributed by atoms with Gasteiger partial charge in [-0.3, -0.25) is 0 Å². The molecule has 1 rings (SSSR count). The maximum Gasteiger partial charge on any atom is 0.0780 e. The van der Waals surface area contributed by atoms with E-state index in [-0.39, 0.29) is 0 Å². The molecule has 0 nitrogen and oxygen atoms in total. The Morgan fingerprint density at radius 1 is 1.43 bits per heavy atom. The van der Waals surface area contributed by atoms with Crippen LogP contribution in [0.4, 0.5) is 0 Å². The zero-order valence-electron chi connectivity index (χ0n) is 8.48. The van der Waals surface area contributed by atoms with E-state index in [1.165, 1.54) is 35.0 Å². The van der Waals surface area contributed by atoms with Gasteiger partial charge in [0, 0.05) is 0 Å². The number of aryl methyl sites for hydroxylation is 1. The van der Waals surface area contributed by atoms with Crippen LogP contribution in [-0.4, -0.2) is 0 Å². The van der Waals surface area contributed by atoms with Crippen LogP contribution in [0.3, 0.4) is 0 Å². The Labute approximate surface area is 98.9 Å². The van der Waals surface area contributed by atoms with Crippen LogP contribution in [0, 0.1) is 12.3 Å². The van der Waals surface area contributed by atoms with Gasteiger partial charge in [-0.2, -0.15) is 0 Å². The molecule has 0 N–H and O–H groups in total. The van der Waals surface area contributed by atoms with Crippen LogP contribution in [0.25, 0.3) is 0 Å². The first-order valence-electron chi connectivity index (χ1n) is 5.02. The van der Waals surface area contributed by atoms with Crippen molar-refractivity contribution in [2.24, 2.45) is 0 Å². The Morgan fingerprint density at radius 3 is 2.79 bits per heavy atom. The Kier molecular flexibility index (Phi) is 5.29. The molecular weight excluding hydrogens is 256 g/mol. The highest BCUT2D eigenvalue weighted by atomic mass is 79.9. The molecule has 1 aromatic rings. The molecule has 76 valence electrons. The van der Waals surface area contributed by atoms with Crippen molar-refractivity contribution in [3.05, 3.63) is 20.3 Å². The van der Waals surface area contributed by atoms with Crippen LogP contribution in [0.15, 0.2) is 9.85 Å². The van der Waals surface area contributed by atoms with Crippen molar-refractivity contribution >= 4 is 27.3 Å². The van der Waals surface area contributed by atoms with Gasteiger partial charge >= 0.3 is 0 Å². The van der Waals surface area contributed by atoms with Gasteiger partial charge in [0.2, 0.25) is 0 Å². The predicted octanol–water partition coefficient (Wildman–Crippen LogP) is 4.61. The minimum atomic E-state index is 1.03. The van der Waals surface area contributed by atoms with Crippen LogP contribution < -0.4 is 0 Å². The molecule has 2 heteroatoms. The van der Waals surface area contributed by atoms with Crippen LogP contribution in [0.2, 0.25) is 0 Å². The van der Waals surface area contributed by atoms with E-state index < -0.39 is 0 Å². The summed E-state index contributed by atoms with van der Waals surface area (Å²) in [6.07, 6.45) is 11.7. The van der Waals surface area contributed by atoms with Gasteiger partial charge in [-0.05, 0) is 40.4 Å². The molecule has 1 aromatic heterocycles. The fraction of sp³-hybridized carbons (Fsp3) is 0.500. The standard InChI is InChI=1S/C12H15BrS/c1-3-5-6-7-8-10-9-11(4-2)14-12(10)13/h2,9H,3,5-8H2,1H3. The van der Waals surface area contributed by atoms with Crippen molar-refractivity contribution in [1.29, 1.82) is 0 Å². The molecule has 14 heavy (non-hydrogen) atoms. The maximum absolute atomic E-state index is 5.35. The molecule has 0 saturated carbocycles. The Morgan fingerprint density at radius 2 is 2.21 bits per heavy atom. The molecule has 0 aliphatic heterocycles. The largest absolute Gasteiger partial charge is 0.119 e. The van der Waals surface area contributed by atoms with Crippen LogP contribution in [-0.2, 0) is 6.42 Å². The Bertz CT molecular complexity index is 320. The van der Waals surface area contributed by atoms with E-state index in [1.54, 1.807) is 11.3 Å². The molecule has 0 radical (unpaired) electrons. The molecule has 0 spiro atoms. The van der Waals surface area contributed by atoms with Crippen molar-refractivity contribution < 1.29 is 0 Å². The normalized spacial score (nSPS) is 10.1. The minimum absolute atomic E-state index is 1.03. The van der Waals surface area contributed by atoms with Gasteiger partial charge in [-0.25, -0.2) is 0 Å². The average molecular weight is 271 g/mol. The summed E-state index contributed by atoms with van der Waals surface area (Å²) >= 11 is 5.21. The van der Waals surface area contributed by atoms with Gasteiger partial charge < -0.3 is 0 Å². The topological polar surface area (TPSA) is 0 Å². The molecule has 0 aliphatic carbocycles. The third kappa shape index (κ3) is 3.48. The summed E-state index contributed by atoms with van der Waals surface area (Å²) in [5.74, 6) is 2.68. The highest BCUT2D eigenvalue weighted by molar-refractivity contribution is 9.11. The molecule has 0 aliphatic rings. The molecule has 0 fully saturated rings. The highest BCUT2D eigenvalue weighted by Crippen LogP contribution is 2.28. The minimum Gasteiger partial charge on any atom is -0.119 e. The van der Waals surface area contributed by atoms with E-state index in [0.29, 0.717) is 0 Å². The summed E-state index contributed by atoms with van der Waals surface area (Å²) in [7, 11) is 0. The van der Waals surface area contributed by atoms with Gasteiger partial charge in [0.05, 0.1) is 8.66 Å². The third-order valence-electron chi connectivity index (χ3n) is 2.20. The molecule has 0 atom stereocenters. The van der Waals surface area contributed by atoms with E-state index >= 15 is 0 Å². The lowest BCUT2D eigenvalue weighted by molar-refractivity contribution is 0.667. The number of halogens is 1. The van der Waals surface area contributed by atoms with Gasteiger partial charge in [-0.15, -0.1) is 17.8 Å². The average Bonchev–Trinajstić information content (AvgIpc) is 2.54.